The molecule has 0 spiro atoms. The van der Waals surface area contributed by atoms with Gasteiger partial charge in [-0.05, 0) is 116 Å². The number of rotatable bonds is 8. The first-order chi connectivity index (χ1) is 30.7. The molecule has 3 fully saturated rings. The fourth-order valence-electron chi connectivity index (χ4n) is 10.6. The van der Waals surface area contributed by atoms with Crippen LogP contribution >= 0.6 is 22.9 Å². The number of azo groups is 1. The van der Waals surface area contributed by atoms with Crippen LogP contribution in [0.1, 0.15) is 36.8 Å². The number of halogens is 1. The molecular weight excluding hydrogens is 850 g/mol. The van der Waals surface area contributed by atoms with Crippen LogP contribution in [0.5, 0.6) is 11.5 Å². The van der Waals surface area contributed by atoms with Crippen molar-refractivity contribution in [2.45, 2.75) is 32.6 Å². The molecule has 64 heavy (non-hydrogen) atoms. The van der Waals surface area contributed by atoms with Gasteiger partial charge in [0.2, 0.25) is 23.6 Å². The first-order valence-corrected chi connectivity index (χ1v) is 22.2. The average Bonchev–Trinajstić information content (AvgIpc) is 3.96. The van der Waals surface area contributed by atoms with Crippen LogP contribution < -0.4 is 19.4 Å². The second-order valence-electron chi connectivity index (χ2n) is 17.4. The molecule has 1 N–H and O–H groups in total. The summed E-state index contributed by atoms with van der Waals surface area (Å²) in [5.41, 5.74) is 4.02. The molecule has 324 valence electrons. The number of nitrogens with zero attached hydrogens (tertiary/aromatic N) is 7. The van der Waals surface area contributed by atoms with Crippen molar-refractivity contribution in [1.29, 1.82) is 0 Å². The lowest BCUT2D eigenvalue weighted by Gasteiger charge is -2.49. The van der Waals surface area contributed by atoms with Gasteiger partial charge in [-0.2, -0.15) is 15.3 Å². The molecule has 10 rings (SSSR count). The van der Waals surface area contributed by atoms with Gasteiger partial charge in [0.05, 0.1) is 52.2 Å². The zero-order valence-corrected chi connectivity index (χ0v) is 37.5. The van der Waals surface area contributed by atoms with E-state index in [1.54, 1.807) is 78.5 Å². The van der Waals surface area contributed by atoms with Crippen LogP contribution in [-0.4, -0.2) is 59.7 Å². The van der Waals surface area contributed by atoms with Gasteiger partial charge in [-0.25, -0.2) is 4.90 Å². The number of hydrogen-bond acceptors (Lipinski definition) is 11. The van der Waals surface area contributed by atoms with Crippen molar-refractivity contribution in [3.8, 4) is 22.1 Å². The smallest absolute Gasteiger partial charge is 0.242 e. The molecule has 0 radical (unpaired) electrons. The molecule has 6 atom stereocenters. The second kappa shape index (κ2) is 15.3. The van der Waals surface area contributed by atoms with E-state index in [1.165, 1.54) is 16.9 Å². The van der Waals surface area contributed by atoms with Crippen molar-refractivity contribution < 1.29 is 29.0 Å². The summed E-state index contributed by atoms with van der Waals surface area (Å²) in [5, 5.41) is 26.9. The molecule has 0 bridgehead atoms. The Kier molecular flexibility index (Phi) is 9.87. The van der Waals surface area contributed by atoms with Crippen molar-refractivity contribution in [2.24, 2.45) is 46.4 Å². The largest absolute Gasteiger partial charge is 0.504 e. The van der Waals surface area contributed by atoms with Gasteiger partial charge in [0.25, 0.3) is 0 Å². The molecule has 4 heterocycles. The summed E-state index contributed by atoms with van der Waals surface area (Å²) in [6.07, 6.45) is 2.35. The zero-order chi connectivity index (χ0) is 44.9. The summed E-state index contributed by atoms with van der Waals surface area (Å²) in [5.74, 6) is -5.03. The number of aromatic hydroxyl groups is 1. The number of ether oxygens (including phenoxy) is 1. The maximum Gasteiger partial charge on any atom is 0.242 e. The van der Waals surface area contributed by atoms with E-state index in [9.17, 15) is 14.7 Å². The highest BCUT2D eigenvalue weighted by atomic mass is 35.5. The Morgan fingerprint density at radius 1 is 0.891 bits per heavy atom. The Morgan fingerprint density at radius 2 is 1.59 bits per heavy atom. The summed E-state index contributed by atoms with van der Waals surface area (Å²) < 4.78 is 8.13. The minimum Gasteiger partial charge on any atom is -0.504 e. The van der Waals surface area contributed by atoms with E-state index < -0.39 is 46.8 Å². The molecule has 2 aliphatic carbocycles. The fourth-order valence-corrected chi connectivity index (χ4v) is 11.9. The monoisotopic (exact) mass is 893 g/mol. The minimum absolute atomic E-state index is 0.147. The Morgan fingerprint density at radius 3 is 2.28 bits per heavy atom. The number of aryl methyl sites for hydroxylation is 2. The van der Waals surface area contributed by atoms with Crippen molar-refractivity contribution in [2.75, 3.05) is 35.9 Å². The van der Waals surface area contributed by atoms with E-state index in [0.29, 0.717) is 39.2 Å². The lowest BCUT2D eigenvalue weighted by atomic mass is 9.51. The van der Waals surface area contributed by atoms with Crippen molar-refractivity contribution in [3.63, 3.8) is 0 Å². The first kappa shape index (κ1) is 41.4. The van der Waals surface area contributed by atoms with E-state index in [-0.39, 0.29) is 36.2 Å². The lowest BCUT2D eigenvalue weighted by Crippen LogP contribution is -2.49. The van der Waals surface area contributed by atoms with E-state index in [4.69, 9.17) is 21.4 Å². The predicted molar refractivity (Wildman–Crippen MR) is 247 cm³/mol. The third-order valence-corrected chi connectivity index (χ3v) is 15.3. The molecule has 4 aromatic carbocycles. The molecule has 4 amide bonds. The number of hydrogen-bond donors (Lipinski definition) is 1. The van der Waals surface area contributed by atoms with Crippen molar-refractivity contribution >= 4 is 85.2 Å². The van der Waals surface area contributed by atoms with Crippen LogP contribution in [0, 0.1) is 36.0 Å². The summed E-state index contributed by atoms with van der Waals surface area (Å²) in [7, 11) is 7.08. The maximum atomic E-state index is 15.3. The van der Waals surface area contributed by atoms with E-state index in [0.717, 1.165) is 31.8 Å². The normalized spacial score (nSPS) is 24.1. The van der Waals surface area contributed by atoms with E-state index in [1.807, 2.05) is 74.5 Å². The number of phenolic OH excluding ortho intramolecular Hbond substituents is 1. The molecule has 4 aliphatic rings. The zero-order valence-electron chi connectivity index (χ0n) is 35.9. The highest BCUT2D eigenvalue weighted by molar-refractivity contribution is 7.22. The third kappa shape index (κ3) is 6.21. The number of benzene rings is 4. The van der Waals surface area contributed by atoms with Crippen LogP contribution in [-0.2, 0) is 26.2 Å². The van der Waals surface area contributed by atoms with Gasteiger partial charge in [-0.15, -0.1) is 11.3 Å². The van der Waals surface area contributed by atoms with Gasteiger partial charge in [-0.3, -0.25) is 28.8 Å². The lowest BCUT2D eigenvalue weighted by molar-refractivity contribution is -0.131. The Balaban J connectivity index is 1.00. The SMILES string of the molecule is COc1cccc(C2C3=CCC4C(=O)N(c5ccc(N=Nc6ccc(N(C)C)cc6)cc5)C(=O)C4C3CC3C(=O)N(c4cc(-c5sc6ccc(Cl)cc6c5C)nn4C)C(=O)C32C)c1O. The topological polar surface area (TPSA) is 150 Å². The predicted octanol–water partition coefficient (Wildman–Crippen LogP) is 9.89. The number of imide groups is 2. The van der Waals surface area contributed by atoms with Gasteiger partial charge >= 0.3 is 0 Å². The van der Waals surface area contributed by atoms with E-state index >= 15 is 9.59 Å². The number of aromatic nitrogens is 2. The number of carbonyl (C=O) groups excluding carboxylic acids is 4. The van der Waals surface area contributed by atoms with Gasteiger partial charge in [-0.1, -0.05) is 35.4 Å². The highest BCUT2D eigenvalue weighted by Crippen LogP contribution is 2.65. The Labute approximate surface area is 378 Å². The molecule has 6 unspecified atom stereocenters. The van der Waals surface area contributed by atoms with Gasteiger partial charge in [0.1, 0.15) is 11.5 Å². The number of phenols is 1. The van der Waals surface area contributed by atoms with Gasteiger partial charge in [0, 0.05) is 54.1 Å². The van der Waals surface area contributed by atoms with Crippen LogP contribution in [0.4, 0.5) is 28.6 Å². The van der Waals surface area contributed by atoms with Crippen LogP contribution in [0.15, 0.2) is 113 Å². The van der Waals surface area contributed by atoms with Crippen molar-refractivity contribution in [1.82, 2.24) is 9.78 Å². The first-order valence-electron chi connectivity index (χ1n) is 21.1. The average molecular weight is 894 g/mol. The minimum atomic E-state index is -1.39. The molecule has 2 saturated heterocycles. The van der Waals surface area contributed by atoms with E-state index in [2.05, 4.69) is 10.2 Å². The maximum absolute atomic E-state index is 15.3. The molecule has 6 aromatic rings. The number of allylic oxidation sites excluding steroid dienone is 2. The summed E-state index contributed by atoms with van der Waals surface area (Å²) in [6.45, 7) is 3.78. The highest BCUT2D eigenvalue weighted by Gasteiger charge is 2.68. The fraction of sp³-hybridized carbons (Fsp3) is 0.286. The van der Waals surface area contributed by atoms with Crippen LogP contribution in [0.25, 0.3) is 20.7 Å². The second-order valence-corrected chi connectivity index (χ2v) is 18.9. The quantitative estimate of drug-likeness (QED) is 0.0902. The summed E-state index contributed by atoms with van der Waals surface area (Å²) in [4.78, 5) is 64.8. The number of thiophene rings is 1. The number of amides is 4. The molecule has 2 aliphatic heterocycles. The summed E-state index contributed by atoms with van der Waals surface area (Å²) in [6, 6.07) is 27.1. The third-order valence-electron chi connectivity index (χ3n) is 13.8. The molecule has 13 nitrogen and oxygen atoms in total. The molecular formula is C49H44ClN7O6S. The Bertz CT molecular complexity index is 3010. The number of para-hydroxylation sites is 1. The molecule has 2 aromatic heterocycles. The molecule has 1 saturated carbocycles. The van der Waals surface area contributed by atoms with Crippen molar-refractivity contribution in [3.05, 3.63) is 119 Å². The number of anilines is 3. The van der Waals surface area contributed by atoms with Crippen LogP contribution in [0.2, 0.25) is 5.02 Å². The van der Waals surface area contributed by atoms with Gasteiger partial charge < -0.3 is 14.7 Å². The molecule has 15 heteroatoms. The van der Waals surface area contributed by atoms with Gasteiger partial charge in [0.15, 0.2) is 11.5 Å². The summed E-state index contributed by atoms with van der Waals surface area (Å²) >= 11 is 7.90. The number of carbonyl (C=O) groups is 4. The number of fused-ring (bicyclic) bond motifs is 5. The Hall–Kier alpha value is -6.64. The number of methoxy groups -OCH3 is 1. The standard InChI is InChI=1S/C49H44ClN7O6S/c1-25-34-22-26(50)10-21-39(34)64-44(25)37-24-40(55(5)53-37)57-46(60)36-23-35-31(42(49(36,2)48(57)62)33-8-7-9-38(63-6)43(33)58)19-20-32-41(35)47(61)56(45(32)59)30-17-13-28(14-18-30)52-51-27-11-15-29(16-12-27)54(3)4/h7-19,21-22,24,32,35-36,41-42,58H,20,23H2,1-6H3. The van der Waals surface area contributed by atoms with Crippen LogP contribution in [0.3, 0.4) is 0 Å².